The van der Waals surface area contributed by atoms with Gasteiger partial charge in [0.25, 0.3) is 0 Å². The lowest BCUT2D eigenvalue weighted by molar-refractivity contribution is -0.142. The van der Waals surface area contributed by atoms with E-state index in [2.05, 4.69) is 21.2 Å². The van der Waals surface area contributed by atoms with Crippen LogP contribution in [0.3, 0.4) is 0 Å². The molecule has 1 heterocycles. The van der Waals surface area contributed by atoms with E-state index < -0.39 is 29.7 Å². The highest BCUT2D eigenvalue weighted by Gasteiger charge is 2.39. The van der Waals surface area contributed by atoms with Gasteiger partial charge in [-0.05, 0) is 34.3 Å². The van der Waals surface area contributed by atoms with E-state index in [1.165, 1.54) is 0 Å². The molecule has 1 aromatic rings. The molecule has 8 heteroatoms. The summed E-state index contributed by atoms with van der Waals surface area (Å²) in [5, 5.41) is 11.4. The molecule has 2 N–H and O–H groups in total. The first-order chi connectivity index (χ1) is 9.81. The van der Waals surface area contributed by atoms with E-state index in [1.54, 1.807) is 6.92 Å². The number of hydrogen-bond donors (Lipinski definition) is 2. The lowest BCUT2D eigenvalue weighted by Crippen LogP contribution is -2.44. The zero-order valence-electron chi connectivity index (χ0n) is 11.1. The summed E-state index contributed by atoms with van der Waals surface area (Å²) in [5.74, 6) is -3.00. The Labute approximate surface area is 128 Å². The number of aliphatic carboxylic acids is 1. The largest absolute Gasteiger partial charge is 0.480 e. The molecule has 2 unspecified atom stereocenters. The maximum Gasteiger partial charge on any atom is 0.326 e. The molecule has 114 valence electrons. The fraction of sp³-hybridized carbons (Fsp3) is 0.385. The number of urea groups is 1. The number of anilines is 1. The van der Waals surface area contributed by atoms with Crippen LogP contribution in [0.25, 0.3) is 0 Å². The van der Waals surface area contributed by atoms with Gasteiger partial charge in [0.05, 0.1) is 10.2 Å². The predicted molar refractivity (Wildman–Crippen MR) is 75.0 cm³/mol. The van der Waals surface area contributed by atoms with Crippen molar-refractivity contribution < 1.29 is 23.5 Å². The van der Waals surface area contributed by atoms with Crippen LogP contribution < -0.4 is 5.32 Å². The molecule has 2 amide bonds. The van der Waals surface area contributed by atoms with Crippen LogP contribution >= 0.6 is 15.9 Å². The van der Waals surface area contributed by atoms with Crippen molar-refractivity contribution in [3.05, 3.63) is 28.2 Å². The number of hydrogen-bond acceptors (Lipinski definition) is 2. The third kappa shape index (κ3) is 3.15. The first-order valence-electron chi connectivity index (χ1n) is 6.26. The summed E-state index contributed by atoms with van der Waals surface area (Å²) in [6.07, 6.45) is 0.556. The smallest absolute Gasteiger partial charge is 0.326 e. The Kier molecular flexibility index (Phi) is 4.46. The molecule has 0 saturated carbocycles. The number of halogens is 3. The Balaban J connectivity index is 2.18. The molecule has 1 fully saturated rings. The van der Waals surface area contributed by atoms with E-state index >= 15 is 0 Å². The fourth-order valence-corrected chi connectivity index (χ4v) is 2.70. The van der Waals surface area contributed by atoms with E-state index in [0.29, 0.717) is 12.5 Å². The maximum atomic E-state index is 13.6. The van der Waals surface area contributed by atoms with Crippen molar-refractivity contribution >= 4 is 33.6 Å². The molecule has 1 aliphatic rings. The number of amides is 2. The molecular formula is C13H13BrF2N2O3. The number of likely N-dealkylation sites (tertiary alicyclic amines) is 1. The number of rotatable bonds is 2. The molecule has 21 heavy (non-hydrogen) atoms. The topological polar surface area (TPSA) is 69.6 Å². The van der Waals surface area contributed by atoms with Gasteiger partial charge in [0, 0.05) is 12.6 Å². The quantitative estimate of drug-likeness (QED) is 0.794. The Morgan fingerprint density at radius 2 is 2.05 bits per heavy atom. The Bertz CT molecular complexity index is 597. The molecule has 5 nitrogen and oxygen atoms in total. The van der Waals surface area contributed by atoms with Crippen LogP contribution in [0.5, 0.6) is 0 Å². The van der Waals surface area contributed by atoms with E-state index in [9.17, 15) is 18.4 Å². The predicted octanol–water partition coefficient (Wildman–Crippen LogP) is 3.05. The van der Waals surface area contributed by atoms with Gasteiger partial charge >= 0.3 is 12.0 Å². The van der Waals surface area contributed by atoms with Gasteiger partial charge in [-0.25, -0.2) is 18.4 Å². The molecule has 1 saturated heterocycles. The minimum atomic E-state index is -1.10. The van der Waals surface area contributed by atoms with Crippen molar-refractivity contribution in [3.63, 3.8) is 0 Å². The second-order valence-corrected chi connectivity index (χ2v) is 5.77. The van der Waals surface area contributed by atoms with Crippen molar-refractivity contribution in [1.29, 1.82) is 0 Å². The van der Waals surface area contributed by atoms with Crippen LogP contribution in [-0.2, 0) is 4.79 Å². The summed E-state index contributed by atoms with van der Waals surface area (Å²) in [5.41, 5.74) is -0.211. The second kappa shape index (κ2) is 5.97. The number of nitrogens with zero attached hydrogens (tertiary/aromatic N) is 1. The lowest BCUT2D eigenvalue weighted by atomic mass is 10.0. The third-order valence-corrected chi connectivity index (χ3v) is 4.07. The molecular weight excluding hydrogens is 350 g/mol. The van der Waals surface area contributed by atoms with Crippen molar-refractivity contribution in [2.45, 2.75) is 19.4 Å². The van der Waals surface area contributed by atoms with Crippen LogP contribution in [0, 0.1) is 17.6 Å². The van der Waals surface area contributed by atoms with Crippen molar-refractivity contribution in [2.24, 2.45) is 5.92 Å². The minimum absolute atomic E-state index is 0.00349. The Hall–Kier alpha value is -1.70. The van der Waals surface area contributed by atoms with Gasteiger partial charge in [-0.1, -0.05) is 6.92 Å². The number of carboxylic acid groups (broad SMARTS) is 1. The number of nitrogens with one attached hydrogen (secondary N) is 1. The molecule has 1 aliphatic heterocycles. The number of carboxylic acids is 1. The van der Waals surface area contributed by atoms with Crippen LogP contribution in [0.15, 0.2) is 16.6 Å². The molecule has 2 rings (SSSR count). The van der Waals surface area contributed by atoms with E-state index in [0.717, 1.165) is 11.0 Å². The van der Waals surface area contributed by atoms with E-state index in [1.807, 2.05) is 0 Å². The second-order valence-electron chi connectivity index (χ2n) is 4.92. The Morgan fingerprint density at radius 3 is 2.67 bits per heavy atom. The normalized spacial score (nSPS) is 21.4. The molecule has 0 spiro atoms. The zero-order valence-corrected chi connectivity index (χ0v) is 12.7. The summed E-state index contributed by atoms with van der Waals surface area (Å²) >= 11 is 2.90. The van der Waals surface area contributed by atoms with Gasteiger partial charge in [-0.2, -0.15) is 0 Å². The number of carbonyl (C=O) groups is 2. The fourth-order valence-electron chi connectivity index (χ4n) is 2.36. The highest BCUT2D eigenvalue weighted by molar-refractivity contribution is 9.10. The van der Waals surface area contributed by atoms with Crippen LogP contribution in [0.1, 0.15) is 13.3 Å². The first kappa shape index (κ1) is 15.7. The highest BCUT2D eigenvalue weighted by Crippen LogP contribution is 2.27. The van der Waals surface area contributed by atoms with Crippen LogP contribution in [0.4, 0.5) is 19.3 Å². The number of benzene rings is 1. The zero-order chi connectivity index (χ0) is 15.7. The highest BCUT2D eigenvalue weighted by atomic mass is 79.9. The maximum absolute atomic E-state index is 13.6. The van der Waals surface area contributed by atoms with Gasteiger partial charge in [0.2, 0.25) is 0 Å². The van der Waals surface area contributed by atoms with Gasteiger partial charge in [-0.3, -0.25) is 0 Å². The summed E-state index contributed by atoms with van der Waals surface area (Å²) in [4.78, 5) is 24.4. The van der Waals surface area contributed by atoms with Gasteiger partial charge in [0.1, 0.15) is 17.7 Å². The Morgan fingerprint density at radius 1 is 1.38 bits per heavy atom. The van der Waals surface area contributed by atoms with Crippen molar-refractivity contribution in [3.8, 4) is 0 Å². The van der Waals surface area contributed by atoms with Crippen molar-refractivity contribution in [2.75, 3.05) is 11.9 Å². The summed E-state index contributed by atoms with van der Waals surface area (Å²) in [6, 6.07) is 0.0693. The molecule has 1 aromatic carbocycles. The van der Waals surface area contributed by atoms with E-state index in [4.69, 9.17) is 5.11 Å². The molecule has 0 radical (unpaired) electrons. The molecule has 0 aliphatic carbocycles. The summed E-state index contributed by atoms with van der Waals surface area (Å²) < 4.78 is 26.7. The lowest BCUT2D eigenvalue weighted by Gasteiger charge is -2.23. The van der Waals surface area contributed by atoms with E-state index in [-0.39, 0.29) is 22.6 Å². The van der Waals surface area contributed by atoms with Gasteiger partial charge in [0.15, 0.2) is 0 Å². The van der Waals surface area contributed by atoms with Crippen LogP contribution in [0.2, 0.25) is 0 Å². The van der Waals surface area contributed by atoms with Crippen LogP contribution in [-0.4, -0.2) is 34.6 Å². The minimum Gasteiger partial charge on any atom is -0.480 e. The molecule has 0 bridgehead atoms. The number of carbonyl (C=O) groups excluding carboxylic acids is 1. The van der Waals surface area contributed by atoms with Gasteiger partial charge in [-0.15, -0.1) is 0 Å². The summed E-state index contributed by atoms with van der Waals surface area (Å²) in [7, 11) is 0. The average molecular weight is 363 g/mol. The third-order valence-electron chi connectivity index (χ3n) is 3.47. The monoisotopic (exact) mass is 362 g/mol. The molecule has 2 atom stereocenters. The van der Waals surface area contributed by atoms with Crippen molar-refractivity contribution in [1.82, 2.24) is 4.90 Å². The van der Waals surface area contributed by atoms with Gasteiger partial charge < -0.3 is 15.3 Å². The first-order valence-corrected chi connectivity index (χ1v) is 7.05. The molecule has 0 aromatic heterocycles. The average Bonchev–Trinajstić information content (AvgIpc) is 2.78. The SMILES string of the molecule is CC1CCN(C(=O)Nc2cc(Br)c(F)cc2F)C1C(=O)O. The summed E-state index contributed by atoms with van der Waals surface area (Å²) in [6.45, 7) is 2.01. The standard InChI is InChI=1S/C13H13BrF2N2O3/c1-6-2-3-18(11(6)12(19)20)13(21)17-10-4-7(14)8(15)5-9(10)16/h4-6,11H,2-3H2,1H3,(H,17,21)(H,19,20).